The lowest BCUT2D eigenvalue weighted by atomic mass is 10.1. The lowest BCUT2D eigenvalue weighted by Gasteiger charge is -2.18. The van der Waals surface area contributed by atoms with Crippen molar-refractivity contribution >= 4 is 16.8 Å². The molecule has 0 aliphatic heterocycles. The highest BCUT2D eigenvalue weighted by Crippen LogP contribution is 2.19. The molecule has 0 aliphatic carbocycles. The minimum absolute atomic E-state index is 0.0230. The monoisotopic (exact) mass is 241 g/mol. The SMILES string of the molecule is CCN(CCC#N)C(=O)c1c[nH]c2ccccc12. The number of benzene rings is 1. The molecule has 1 N–H and O–H groups in total. The zero-order valence-corrected chi connectivity index (χ0v) is 10.3. The standard InChI is InChI=1S/C14H15N3O/c1-2-17(9-5-8-15)14(18)12-10-16-13-7-4-3-6-11(12)13/h3-4,6-7,10,16H,2,5,9H2,1H3. The van der Waals surface area contributed by atoms with E-state index in [9.17, 15) is 4.79 Å². The molecule has 1 aromatic carbocycles. The van der Waals surface area contributed by atoms with Crippen LogP contribution in [0.5, 0.6) is 0 Å². The Morgan fingerprint density at radius 3 is 2.94 bits per heavy atom. The van der Waals surface area contributed by atoms with Gasteiger partial charge in [0.25, 0.3) is 5.91 Å². The molecule has 92 valence electrons. The fourth-order valence-corrected chi connectivity index (χ4v) is 2.01. The number of H-pyrrole nitrogens is 1. The predicted octanol–water partition coefficient (Wildman–Crippen LogP) is 2.54. The molecule has 2 rings (SSSR count). The third-order valence-electron chi connectivity index (χ3n) is 2.98. The van der Waals surface area contributed by atoms with Crippen LogP contribution in [0.4, 0.5) is 0 Å². The van der Waals surface area contributed by atoms with Gasteiger partial charge >= 0.3 is 0 Å². The molecule has 0 saturated heterocycles. The van der Waals surface area contributed by atoms with Gasteiger partial charge in [-0.15, -0.1) is 0 Å². The Bertz CT molecular complexity index is 594. The first-order valence-electron chi connectivity index (χ1n) is 6.00. The summed E-state index contributed by atoms with van der Waals surface area (Å²) in [7, 11) is 0. The van der Waals surface area contributed by atoms with Crippen molar-refractivity contribution in [2.75, 3.05) is 13.1 Å². The number of carbonyl (C=O) groups is 1. The number of para-hydroxylation sites is 1. The number of rotatable bonds is 4. The van der Waals surface area contributed by atoms with Gasteiger partial charge in [0.05, 0.1) is 18.1 Å². The Hall–Kier alpha value is -2.28. The van der Waals surface area contributed by atoms with Crippen molar-refractivity contribution in [3.8, 4) is 6.07 Å². The maximum atomic E-state index is 12.4. The molecule has 0 spiro atoms. The van der Waals surface area contributed by atoms with Crippen molar-refractivity contribution in [1.29, 1.82) is 5.26 Å². The van der Waals surface area contributed by atoms with Crippen molar-refractivity contribution in [2.45, 2.75) is 13.3 Å². The lowest BCUT2D eigenvalue weighted by molar-refractivity contribution is 0.0770. The maximum Gasteiger partial charge on any atom is 0.256 e. The van der Waals surface area contributed by atoms with Crippen molar-refractivity contribution in [3.63, 3.8) is 0 Å². The van der Waals surface area contributed by atoms with Crippen LogP contribution in [0.1, 0.15) is 23.7 Å². The largest absolute Gasteiger partial charge is 0.360 e. The van der Waals surface area contributed by atoms with Crippen LogP contribution in [-0.2, 0) is 0 Å². The highest BCUT2D eigenvalue weighted by atomic mass is 16.2. The quantitative estimate of drug-likeness (QED) is 0.894. The van der Waals surface area contributed by atoms with Crippen molar-refractivity contribution in [2.24, 2.45) is 0 Å². The molecule has 0 fully saturated rings. The summed E-state index contributed by atoms with van der Waals surface area (Å²) in [6.07, 6.45) is 2.10. The van der Waals surface area contributed by atoms with Crippen LogP contribution >= 0.6 is 0 Å². The Labute approximate surface area is 106 Å². The number of carbonyl (C=O) groups excluding carboxylic acids is 1. The summed E-state index contributed by atoms with van der Waals surface area (Å²) in [5.41, 5.74) is 1.63. The molecular weight excluding hydrogens is 226 g/mol. The number of nitrogens with one attached hydrogen (secondary N) is 1. The van der Waals surface area contributed by atoms with Gasteiger partial charge < -0.3 is 9.88 Å². The molecule has 0 saturated carbocycles. The van der Waals surface area contributed by atoms with E-state index in [0.717, 1.165) is 10.9 Å². The summed E-state index contributed by atoms with van der Waals surface area (Å²) in [6, 6.07) is 9.78. The van der Waals surface area contributed by atoms with E-state index < -0.39 is 0 Å². The number of amides is 1. The fraction of sp³-hybridized carbons (Fsp3) is 0.286. The fourth-order valence-electron chi connectivity index (χ4n) is 2.01. The minimum Gasteiger partial charge on any atom is -0.360 e. The smallest absolute Gasteiger partial charge is 0.256 e. The predicted molar refractivity (Wildman–Crippen MR) is 70.1 cm³/mol. The Morgan fingerprint density at radius 2 is 2.22 bits per heavy atom. The van der Waals surface area contributed by atoms with Crippen molar-refractivity contribution < 1.29 is 4.79 Å². The average Bonchev–Trinajstić information content (AvgIpc) is 2.83. The number of nitrogens with zero attached hydrogens (tertiary/aromatic N) is 2. The summed E-state index contributed by atoms with van der Waals surface area (Å²) in [4.78, 5) is 17.1. The molecule has 0 atom stereocenters. The second kappa shape index (κ2) is 5.37. The van der Waals surface area contributed by atoms with Gasteiger partial charge in [0.15, 0.2) is 0 Å². The second-order valence-electron chi connectivity index (χ2n) is 4.04. The normalized spacial score (nSPS) is 10.2. The van der Waals surface area contributed by atoms with Crippen molar-refractivity contribution in [1.82, 2.24) is 9.88 Å². The van der Waals surface area contributed by atoms with Gasteiger partial charge in [0, 0.05) is 30.2 Å². The maximum absolute atomic E-state index is 12.4. The topological polar surface area (TPSA) is 59.9 Å². The summed E-state index contributed by atoms with van der Waals surface area (Å²) < 4.78 is 0. The third kappa shape index (κ3) is 2.21. The Balaban J connectivity index is 2.30. The molecule has 0 bridgehead atoms. The zero-order chi connectivity index (χ0) is 13.0. The van der Waals surface area contributed by atoms with E-state index in [-0.39, 0.29) is 5.91 Å². The van der Waals surface area contributed by atoms with E-state index in [4.69, 9.17) is 5.26 Å². The number of hydrogen-bond acceptors (Lipinski definition) is 2. The highest BCUT2D eigenvalue weighted by Gasteiger charge is 2.17. The number of nitriles is 1. The first kappa shape index (κ1) is 12.2. The highest BCUT2D eigenvalue weighted by molar-refractivity contribution is 6.06. The van der Waals surface area contributed by atoms with E-state index in [1.165, 1.54) is 0 Å². The van der Waals surface area contributed by atoms with Gasteiger partial charge in [-0.05, 0) is 13.0 Å². The van der Waals surface area contributed by atoms with Gasteiger partial charge in [-0.25, -0.2) is 0 Å². The average molecular weight is 241 g/mol. The van der Waals surface area contributed by atoms with Crippen LogP contribution in [0.25, 0.3) is 10.9 Å². The molecule has 1 aromatic heterocycles. The van der Waals surface area contributed by atoms with Crippen LogP contribution in [0, 0.1) is 11.3 Å². The van der Waals surface area contributed by atoms with Crippen molar-refractivity contribution in [3.05, 3.63) is 36.0 Å². The zero-order valence-electron chi connectivity index (χ0n) is 10.3. The summed E-state index contributed by atoms with van der Waals surface area (Å²) in [5.74, 6) is -0.0230. The first-order chi connectivity index (χ1) is 8.77. The molecule has 0 unspecified atom stereocenters. The summed E-state index contributed by atoms with van der Waals surface area (Å²) >= 11 is 0. The van der Waals surface area contributed by atoms with Gasteiger partial charge in [0.1, 0.15) is 0 Å². The number of fused-ring (bicyclic) bond motifs is 1. The van der Waals surface area contributed by atoms with E-state index in [1.807, 2.05) is 31.2 Å². The molecule has 4 nitrogen and oxygen atoms in total. The molecule has 4 heteroatoms. The molecule has 0 radical (unpaired) electrons. The molecule has 2 aromatic rings. The minimum atomic E-state index is -0.0230. The molecular formula is C14H15N3O. The Kier molecular flexibility index (Phi) is 3.63. The van der Waals surface area contributed by atoms with Crippen LogP contribution in [-0.4, -0.2) is 28.9 Å². The first-order valence-corrected chi connectivity index (χ1v) is 6.00. The van der Waals surface area contributed by atoms with Crippen LogP contribution in [0.15, 0.2) is 30.5 Å². The number of hydrogen-bond donors (Lipinski definition) is 1. The summed E-state index contributed by atoms with van der Waals surface area (Å²) in [6.45, 7) is 3.01. The van der Waals surface area contributed by atoms with E-state index in [1.54, 1.807) is 11.1 Å². The second-order valence-corrected chi connectivity index (χ2v) is 4.04. The van der Waals surface area contributed by atoms with E-state index in [2.05, 4.69) is 11.1 Å². The van der Waals surface area contributed by atoms with Gasteiger partial charge in [0.2, 0.25) is 0 Å². The molecule has 18 heavy (non-hydrogen) atoms. The van der Waals surface area contributed by atoms with E-state index in [0.29, 0.717) is 25.1 Å². The third-order valence-corrected chi connectivity index (χ3v) is 2.98. The van der Waals surface area contributed by atoms with Gasteiger partial charge in [-0.2, -0.15) is 5.26 Å². The summed E-state index contributed by atoms with van der Waals surface area (Å²) in [5, 5.41) is 9.53. The van der Waals surface area contributed by atoms with Crippen LogP contribution < -0.4 is 0 Å². The molecule has 0 aliphatic rings. The molecule has 1 amide bonds. The van der Waals surface area contributed by atoms with Crippen LogP contribution in [0.3, 0.4) is 0 Å². The van der Waals surface area contributed by atoms with E-state index >= 15 is 0 Å². The van der Waals surface area contributed by atoms with Gasteiger partial charge in [-0.3, -0.25) is 4.79 Å². The molecule has 1 heterocycles. The lowest BCUT2D eigenvalue weighted by Crippen LogP contribution is -2.31. The Morgan fingerprint density at radius 1 is 1.44 bits per heavy atom. The van der Waals surface area contributed by atoms with Gasteiger partial charge in [-0.1, -0.05) is 18.2 Å². The van der Waals surface area contributed by atoms with Crippen LogP contribution in [0.2, 0.25) is 0 Å². The number of aromatic amines is 1. The number of aromatic nitrogens is 1.